The Balaban J connectivity index is 1.51. The molecule has 0 atom stereocenters. The number of hydrogen-bond acceptors (Lipinski definition) is 5. The van der Waals surface area contributed by atoms with Gasteiger partial charge in [-0.15, -0.1) is 0 Å². The molecule has 0 saturated heterocycles. The van der Waals surface area contributed by atoms with E-state index in [0.717, 1.165) is 23.5 Å². The molecule has 5 nitrogen and oxygen atoms in total. The van der Waals surface area contributed by atoms with E-state index >= 15 is 0 Å². The molecule has 3 aromatic rings. The van der Waals surface area contributed by atoms with Gasteiger partial charge in [0.05, 0.1) is 37.8 Å². The molecule has 1 fully saturated rings. The van der Waals surface area contributed by atoms with Crippen molar-refractivity contribution in [1.29, 1.82) is 0 Å². The third-order valence-electron chi connectivity index (χ3n) is 10.7. The van der Waals surface area contributed by atoms with Gasteiger partial charge in [-0.1, -0.05) is 109 Å². The van der Waals surface area contributed by atoms with E-state index in [9.17, 15) is 15.0 Å². The minimum Gasteiger partial charge on any atom is -0.493 e. The molecular weight excluding hydrogens is 596 g/mol. The molecule has 0 aliphatic heterocycles. The maximum Gasteiger partial charge on any atom is 0.308 e. The number of hydrogen-bond donors (Lipinski definition) is 2. The van der Waals surface area contributed by atoms with Gasteiger partial charge in [-0.05, 0) is 101 Å². The molecule has 1 aliphatic carbocycles. The van der Waals surface area contributed by atoms with Crippen LogP contribution in [-0.4, -0.2) is 42.6 Å². The average molecular weight is 657 g/mol. The number of esters is 1. The lowest BCUT2D eigenvalue weighted by molar-refractivity contribution is -0.147. The summed E-state index contributed by atoms with van der Waals surface area (Å²) < 4.78 is 11.7. The fraction of sp³-hybridized carbons (Fsp3) is 0.558. The van der Waals surface area contributed by atoms with E-state index in [1.807, 2.05) is 26.8 Å². The van der Waals surface area contributed by atoms with Gasteiger partial charge in [0, 0.05) is 6.42 Å². The van der Waals surface area contributed by atoms with Crippen LogP contribution >= 0.6 is 0 Å². The minimum absolute atomic E-state index is 0.158. The van der Waals surface area contributed by atoms with E-state index in [2.05, 4.69) is 68.4 Å². The Morgan fingerprint density at radius 3 is 2.12 bits per heavy atom. The second kappa shape index (κ2) is 18.6. The first-order valence-electron chi connectivity index (χ1n) is 18.6. The summed E-state index contributed by atoms with van der Waals surface area (Å²) in [6.45, 7) is 10.2. The summed E-state index contributed by atoms with van der Waals surface area (Å²) in [6.07, 6.45) is 12.9. The van der Waals surface area contributed by atoms with Crippen molar-refractivity contribution in [1.82, 2.24) is 0 Å². The topological polar surface area (TPSA) is 76.0 Å². The van der Waals surface area contributed by atoms with Crippen LogP contribution in [0.15, 0.2) is 60.7 Å². The smallest absolute Gasteiger partial charge is 0.308 e. The van der Waals surface area contributed by atoms with Gasteiger partial charge in [-0.3, -0.25) is 4.79 Å². The van der Waals surface area contributed by atoms with E-state index in [4.69, 9.17) is 9.47 Å². The summed E-state index contributed by atoms with van der Waals surface area (Å²) in [6, 6.07) is 22.2. The molecule has 0 bridgehead atoms. The third kappa shape index (κ3) is 9.95. The molecule has 4 rings (SSSR count). The first-order chi connectivity index (χ1) is 23.3. The summed E-state index contributed by atoms with van der Waals surface area (Å²) in [5, 5.41) is 19.9. The molecular formula is C43H60O5. The zero-order valence-corrected chi connectivity index (χ0v) is 30.2. The summed E-state index contributed by atoms with van der Waals surface area (Å²) in [4.78, 5) is 12.2. The first-order valence-corrected chi connectivity index (χ1v) is 18.6. The van der Waals surface area contributed by atoms with E-state index < -0.39 is 5.41 Å². The second-order valence-electron chi connectivity index (χ2n) is 14.4. The largest absolute Gasteiger partial charge is 0.493 e. The number of carbonyl (C=O) groups excluding carboxylic acids is 1. The van der Waals surface area contributed by atoms with Crippen LogP contribution in [0.5, 0.6) is 5.75 Å². The molecule has 5 heteroatoms. The molecule has 3 aromatic carbocycles. The Morgan fingerprint density at radius 1 is 0.833 bits per heavy atom. The summed E-state index contributed by atoms with van der Waals surface area (Å²) in [5.74, 6) is 1.89. The average Bonchev–Trinajstić information content (AvgIpc) is 3.13. The Labute approximate surface area is 290 Å². The molecule has 0 amide bonds. The highest BCUT2D eigenvalue weighted by molar-refractivity contribution is 5.75. The highest BCUT2D eigenvalue weighted by Crippen LogP contribution is 2.39. The number of benzene rings is 3. The number of ether oxygens (including phenoxy) is 2. The van der Waals surface area contributed by atoms with Crippen LogP contribution in [0.25, 0.3) is 22.3 Å². The van der Waals surface area contributed by atoms with Crippen molar-refractivity contribution < 1.29 is 24.5 Å². The first kappa shape index (κ1) is 37.7. The third-order valence-corrected chi connectivity index (χ3v) is 10.7. The Kier molecular flexibility index (Phi) is 14.6. The van der Waals surface area contributed by atoms with Crippen molar-refractivity contribution in [3.8, 4) is 28.0 Å². The Morgan fingerprint density at radius 2 is 1.50 bits per heavy atom. The fourth-order valence-electron chi connectivity index (χ4n) is 6.97. The molecule has 0 radical (unpaired) electrons. The van der Waals surface area contributed by atoms with Gasteiger partial charge in [0.2, 0.25) is 0 Å². The van der Waals surface area contributed by atoms with E-state index in [1.165, 1.54) is 79.2 Å². The van der Waals surface area contributed by atoms with Crippen LogP contribution in [0.1, 0.15) is 115 Å². The van der Waals surface area contributed by atoms with Crippen molar-refractivity contribution in [3.63, 3.8) is 0 Å². The maximum atomic E-state index is 12.2. The lowest BCUT2D eigenvalue weighted by Crippen LogP contribution is -2.35. The molecule has 0 heterocycles. The normalized spacial score (nSPS) is 16.7. The SMILES string of the molecule is CCCCCC1CCC(c2ccc(-c3ccc(-c4ccc(OCC(CC)(CO)CO)c(CCOC(=O)C(C)C)c4)c(CC)c3)cc2)CC1. The zero-order chi connectivity index (χ0) is 34.5. The molecule has 262 valence electrons. The van der Waals surface area contributed by atoms with Gasteiger partial charge in [-0.2, -0.15) is 0 Å². The number of carbonyl (C=O) groups is 1. The van der Waals surface area contributed by atoms with Gasteiger partial charge >= 0.3 is 5.97 Å². The molecule has 0 unspecified atom stereocenters. The standard InChI is InChI=1S/C43H60O5/c1-6-9-10-11-32-12-14-34(15-13-32)35-16-18-36(19-17-35)37-20-22-40(33(7-2)26-37)38-21-23-41(48-30-43(8-3,28-44)29-45)39(27-38)24-25-47-42(46)31(4)5/h16-23,26-27,31-32,34,44-45H,6-15,24-25,28-30H2,1-5H3. The van der Waals surface area contributed by atoms with Crippen molar-refractivity contribution in [3.05, 3.63) is 77.4 Å². The molecule has 1 saturated carbocycles. The molecule has 48 heavy (non-hydrogen) atoms. The van der Waals surface area contributed by atoms with Crippen molar-refractivity contribution >= 4 is 5.97 Å². The minimum atomic E-state index is -0.711. The molecule has 1 aliphatic rings. The highest BCUT2D eigenvalue weighted by Gasteiger charge is 2.28. The Bertz CT molecular complexity index is 1410. The number of aliphatic hydroxyl groups excluding tert-OH is 2. The van der Waals surface area contributed by atoms with Crippen LogP contribution < -0.4 is 4.74 Å². The van der Waals surface area contributed by atoms with E-state index in [-0.39, 0.29) is 38.3 Å². The number of aliphatic hydroxyl groups is 2. The predicted octanol–water partition coefficient (Wildman–Crippen LogP) is 9.94. The quantitative estimate of drug-likeness (QED) is 0.105. The highest BCUT2D eigenvalue weighted by atomic mass is 16.5. The molecule has 2 N–H and O–H groups in total. The van der Waals surface area contributed by atoms with Crippen molar-refractivity contribution in [2.75, 3.05) is 26.4 Å². The van der Waals surface area contributed by atoms with Gasteiger partial charge < -0.3 is 19.7 Å². The zero-order valence-electron chi connectivity index (χ0n) is 30.2. The van der Waals surface area contributed by atoms with E-state index in [1.54, 1.807) is 0 Å². The second-order valence-corrected chi connectivity index (χ2v) is 14.4. The van der Waals surface area contributed by atoms with Crippen molar-refractivity contribution in [2.24, 2.45) is 17.3 Å². The number of rotatable bonds is 18. The predicted molar refractivity (Wildman–Crippen MR) is 197 cm³/mol. The summed E-state index contributed by atoms with van der Waals surface area (Å²) >= 11 is 0. The van der Waals surface area contributed by atoms with Crippen molar-refractivity contribution in [2.45, 2.75) is 111 Å². The van der Waals surface area contributed by atoms with Crippen LogP contribution in [0, 0.1) is 17.3 Å². The maximum absolute atomic E-state index is 12.2. The van der Waals surface area contributed by atoms with Gasteiger partial charge in [0.15, 0.2) is 0 Å². The fourth-order valence-corrected chi connectivity index (χ4v) is 6.97. The van der Waals surface area contributed by atoms with Gasteiger partial charge in [0.25, 0.3) is 0 Å². The number of aryl methyl sites for hydroxylation is 1. The molecule has 0 aromatic heterocycles. The Hall–Kier alpha value is -3.15. The number of unbranched alkanes of at least 4 members (excludes halogenated alkanes) is 2. The van der Waals surface area contributed by atoms with Crippen LogP contribution in [0.3, 0.4) is 0 Å². The van der Waals surface area contributed by atoms with Crippen LogP contribution in [-0.2, 0) is 22.4 Å². The van der Waals surface area contributed by atoms with E-state index in [0.29, 0.717) is 24.5 Å². The van der Waals surface area contributed by atoms with Crippen LogP contribution in [0.4, 0.5) is 0 Å². The lowest BCUT2D eigenvalue weighted by atomic mass is 9.77. The van der Waals surface area contributed by atoms with Gasteiger partial charge in [0.1, 0.15) is 5.75 Å². The summed E-state index contributed by atoms with van der Waals surface area (Å²) in [7, 11) is 0. The van der Waals surface area contributed by atoms with Gasteiger partial charge in [-0.25, -0.2) is 0 Å². The van der Waals surface area contributed by atoms with Crippen LogP contribution in [0.2, 0.25) is 0 Å². The monoisotopic (exact) mass is 656 g/mol. The molecule has 0 spiro atoms. The lowest BCUT2D eigenvalue weighted by Gasteiger charge is -2.29. The summed E-state index contributed by atoms with van der Waals surface area (Å²) in [5.41, 5.74) is 7.72.